The van der Waals surface area contributed by atoms with E-state index < -0.39 is 5.82 Å². The molecule has 1 aromatic carbocycles. The molecular weight excluding hydrogens is 495 g/mol. The summed E-state index contributed by atoms with van der Waals surface area (Å²) in [6.07, 6.45) is 7.94. The van der Waals surface area contributed by atoms with Crippen molar-refractivity contribution in [1.82, 2.24) is 40.0 Å². The SMILES string of the molecule is COc1cc(F)cc(-c2nccc3[nH]c(-c4n[nH]c5ccc(-c6cncc(CN7CCCC7)c6)nc45)nc23)c1. The lowest BCUT2D eigenvalue weighted by Gasteiger charge is -2.14. The Labute approximate surface area is 223 Å². The van der Waals surface area contributed by atoms with Crippen LogP contribution in [-0.2, 0) is 6.54 Å². The van der Waals surface area contributed by atoms with Crippen molar-refractivity contribution in [1.29, 1.82) is 0 Å². The minimum atomic E-state index is -0.409. The smallest absolute Gasteiger partial charge is 0.161 e. The number of likely N-dealkylation sites (tertiary alicyclic amines) is 1. The summed E-state index contributed by atoms with van der Waals surface area (Å²) in [6.45, 7) is 3.16. The number of nitrogens with one attached hydrogen (secondary N) is 2. The molecule has 1 aliphatic heterocycles. The monoisotopic (exact) mass is 520 g/mol. The Morgan fingerprint density at radius 2 is 1.79 bits per heavy atom. The number of hydrogen-bond donors (Lipinski definition) is 2. The van der Waals surface area contributed by atoms with Crippen LogP contribution in [-0.4, -0.2) is 60.2 Å². The van der Waals surface area contributed by atoms with E-state index >= 15 is 0 Å². The Morgan fingerprint density at radius 3 is 2.67 bits per heavy atom. The lowest BCUT2D eigenvalue weighted by molar-refractivity contribution is 0.331. The molecule has 1 aliphatic rings. The summed E-state index contributed by atoms with van der Waals surface area (Å²) in [4.78, 5) is 24.5. The molecule has 9 nitrogen and oxygen atoms in total. The van der Waals surface area contributed by atoms with Crippen molar-refractivity contribution < 1.29 is 9.13 Å². The summed E-state index contributed by atoms with van der Waals surface area (Å²) >= 11 is 0. The Balaban J connectivity index is 1.28. The molecule has 6 aromatic rings. The van der Waals surface area contributed by atoms with Crippen molar-refractivity contribution in [2.45, 2.75) is 19.4 Å². The van der Waals surface area contributed by atoms with Gasteiger partial charge in [-0.05, 0) is 67.9 Å². The maximum Gasteiger partial charge on any atom is 0.161 e. The molecule has 0 bridgehead atoms. The molecule has 0 spiro atoms. The quantitative estimate of drug-likeness (QED) is 0.304. The minimum absolute atomic E-state index is 0.409. The number of rotatable bonds is 6. The fourth-order valence-electron chi connectivity index (χ4n) is 5.21. The van der Waals surface area contributed by atoms with Crippen LogP contribution < -0.4 is 4.74 Å². The van der Waals surface area contributed by atoms with E-state index in [1.165, 1.54) is 37.6 Å². The van der Waals surface area contributed by atoms with E-state index in [2.05, 4.69) is 36.1 Å². The standard InChI is InChI=1S/C29H25FN8O/c1-39-21-12-18(11-20(30)13-21)25-26-23(6-7-32-25)34-29(35-26)28-27-24(36-37-28)5-4-22(33-27)19-10-17(14-31-15-19)16-38-8-2-3-9-38/h4-7,10-15H,2-3,8-9,16H2,1H3,(H,34,35)(H,36,37). The third-order valence-corrected chi connectivity index (χ3v) is 7.11. The van der Waals surface area contributed by atoms with Crippen molar-refractivity contribution in [2.75, 3.05) is 20.2 Å². The highest BCUT2D eigenvalue weighted by Gasteiger charge is 2.19. The van der Waals surface area contributed by atoms with Crippen LogP contribution in [0.25, 0.3) is 56.1 Å². The number of halogens is 1. The predicted molar refractivity (Wildman–Crippen MR) is 146 cm³/mol. The molecule has 0 radical (unpaired) electrons. The number of methoxy groups -OCH3 is 1. The summed E-state index contributed by atoms with van der Waals surface area (Å²) in [6, 6.07) is 12.4. The Bertz CT molecular complexity index is 1820. The van der Waals surface area contributed by atoms with Crippen LogP contribution in [0.15, 0.2) is 61.1 Å². The average Bonchev–Trinajstić information content (AvgIpc) is 3.72. The summed E-state index contributed by atoms with van der Waals surface area (Å²) in [5.41, 5.74) is 7.49. The van der Waals surface area contributed by atoms with Crippen molar-refractivity contribution in [2.24, 2.45) is 0 Å². The molecule has 1 fully saturated rings. The molecule has 0 atom stereocenters. The largest absolute Gasteiger partial charge is 0.497 e. The first-order chi connectivity index (χ1) is 19.1. The van der Waals surface area contributed by atoms with Crippen LogP contribution in [0.3, 0.4) is 0 Å². The van der Waals surface area contributed by atoms with E-state index in [1.54, 1.807) is 12.3 Å². The third kappa shape index (κ3) is 4.38. The lowest BCUT2D eigenvalue weighted by atomic mass is 10.1. The summed E-state index contributed by atoms with van der Waals surface area (Å²) in [7, 11) is 1.50. The van der Waals surface area contributed by atoms with E-state index in [-0.39, 0.29) is 0 Å². The van der Waals surface area contributed by atoms with Crippen LogP contribution >= 0.6 is 0 Å². The highest BCUT2D eigenvalue weighted by atomic mass is 19.1. The maximum absolute atomic E-state index is 14.2. The fourth-order valence-corrected chi connectivity index (χ4v) is 5.21. The van der Waals surface area contributed by atoms with E-state index in [0.717, 1.165) is 41.9 Å². The second-order valence-electron chi connectivity index (χ2n) is 9.75. The third-order valence-electron chi connectivity index (χ3n) is 7.11. The van der Waals surface area contributed by atoms with Gasteiger partial charge in [0, 0.05) is 42.3 Å². The van der Waals surface area contributed by atoms with Gasteiger partial charge >= 0.3 is 0 Å². The van der Waals surface area contributed by atoms with Gasteiger partial charge in [-0.1, -0.05) is 0 Å². The molecule has 0 saturated carbocycles. The number of benzene rings is 1. The molecule has 7 rings (SSSR count). The minimum Gasteiger partial charge on any atom is -0.497 e. The van der Waals surface area contributed by atoms with Gasteiger partial charge < -0.3 is 9.72 Å². The Kier molecular flexibility index (Phi) is 5.74. The zero-order valence-electron chi connectivity index (χ0n) is 21.3. The zero-order chi connectivity index (χ0) is 26.3. The summed E-state index contributed by atoms with van der Waals surface area (Å²) < 4.78 is 19.5. The topological polar surface area (TPSA) is 108 Å². The second kappa shape index (κ2) is 9.55. The lowest BCUT2D eigenvalue weighted by Crippen LogP contribution is -2.18. The number of pyridine rings is 3. The van der Waals surface area contributed by atoms with Crippen molar-refractivity contribution in [3.63, 3.8) is 0 Å². The second-order valence-corrected chi connectivity index (χ2v) is 9.75. The molecule has 194 valence electrons. The molecule has 0 unspecified atom stereocenters. The van der Waals surface area contributed by atoms with Crippen LogP contribution in [0.5, 0.6) is 5.75 Å². The molecule has 10 heteroatoms. The Morgan fingerprint density at radius 1 is 0.923 bits per heavy atom. The van der Waals surface area contributed by atoms with Gasteiger partial charge in [0.15, 0.2) is 11.5 Å². The van der Waals surface area contributed by atoms with E-state index in [0.29, 0.717) is 39.6 Å². The van der Waals surface area contributed by atoms with Gasteiger partial charge in [0.05, 0.1) is 29.5 Å². The first-order valence-corrected chi connectivity index (χ1v) is 12.9. The number of H-pyrrole nitrogens is 2. The highest BCUT2D eigenvalue weighted by molar-refractivity contribution is 5.95. The number of hydrogen-bond acceptors (Lipinski definition) is 7. The first kappa shape index (κ1) is 23.4. The van der Waals surface area contributed by atoms with Gasteiger partial charge in [-0.2, -0.15) is 5.10 Å². The fraction of sp³-hybridized carbons (Fsp3) is 0.207. The number of nitrogens with zero attached hydrogens (tertiary/aromatic N) is 6. The molecule has 2 N–H and O–H groups in total. The number of ether oxygens (including phenoxy) is 1. The molecular formula is C29H25FN8O. The van der Waals surface area contributed by atoms with Crippen LogP contribution in [0.4, 0.5) is 4.39 Å². The van der Waals surface area contributed by atoms with Gasteiger partial charge in [0.25, 0.3) is 0 Å². The zero-order valence-corrected chi connectivity index (χ0v) is 21.3. The maximum atomic E-state index is 14.2. The van der Waals surface area contributed by atoms with Crippen LogP contribution in [0.1, 0.15) is 18.4 Å². The van der Waals surface area contributed by atoms with Gasteiger partial charge in [-0.25, -0.2) is 14.4 Å². The van der Waals surface area contributed by atoms with E-state index in [1.807, 2.05) is 30.6 Å². The number of fused-ring (bicyclic) bond motifs is 2. The number of aromatic nitrogens is 7. The predicted octanol–water partition coefficient (Wildman–Crippen LogP) is 5.37. The van der Waals surface area contributed by atoms with Crippen molar-refractivity contribution in [3.8, 4) is 39.8 Å². The summed E-state index contributed by atoms with van der Waals surface area (Å²) in [5.74, 6) is 0.543. The number of imidazole rings is 1. The van der Waals surface area contributed by atoms with E-state index in [9.17, 15) is 4.39 Å². The van der Waals surface area contributed by atoms with Gasteiger partial charge in [-0.15, -0.1) is 0 Å². The van der Waals surface area contributed by atoms with Gasteiger partial charge in [-0.3, -0.25) is 20.0 Å². The number of aromatic amines is 2. The normalized spacial score (nSPS) is 14.0. The highest BCUT2D eigenvalue weighted by Crippen LogP contribution is 2.32. The molecule has 1 saturated heterocycles. The van der Waals surface area contributed by atoms with Gasteiger partial charge in [0.2, 0.25) is 0 Å². The van der Waals surface area contributed by atoms with Crippen LogP contribution in [0, 0.1) is 5.82 Å². The van der Waals surface area contributed by atoms with E-state index in [4.69, 9.17) is 14.7 Å². The molecule has 0 aliphatic carbocycles. The molecule has 0 amide bonds. The first-order valence-electron chi connectivity index (χ1n) is 12.9. The molecule has 5 aromatic heterocycles. The average molecular weight is 521 g/mol. The Hall–Kier alpha value is -4.70. The van der Waals surface area contributed by atoms with Crippen molar-refractivity contribution >= 4 is 22.1 Å². The molecule has 6 heterocycles. The van der Waals surface area contributed by atoms with Gasteiger partial charge in [0.1, 0.15) is 22.6 Å². The molecule has 39 heavy (non-hydrogen) atoms. The van der Waals surface area contributed by atoms with Crippen LogP contribution in [0.2, 0.25) is 0 Å². The summed E-state index contributed by atoms with van der Waals surface area (Å²) in [5, 5.41) is 7.58. The van der Waals surface area contributed by atoms with Crippen molar-refractivity contribution in [3.05, 3.63) is 72.4 Å².